The molecule has 0 aromatic carbocycles. The fraction of sp³-hybridized carbons (Fsp3) is 0.667. The molecule has 0 saturated heterocycles. The first-order valence-electron chi connectivity index (χ1n) is 8.27. The summed E-state index contributed by atoms with van der Waals surface area (Å²) in [5.41, 5.74) is 5.46. The fourth-order valence-electron chi connectivity index (χ4n) is 1.98. The zero-order valence-corrected chi connectivity index (χ0v) is 16.3. The molecule has 13 heteroatoms. The molecule has 0 bridgehead atoms. The van der Waals surface area contributed by atoms with Gasteiger partial charge in [0.1, 0.15) is 18.1 Å². The maximum Gasteiger partial charge on any atom is 0.326 e. The van der Waals surface area contributed by atoms with Crippen molar-refractivity contribution in [1.29, 1.82) is 0 Å². The number of carboxylic acids is 2. The van der Waals surface area contributed by atoms with Crippen molar-refractivity contribution in [2.45, 2.75) is 44.4 Å². The molecular formula is C15H26N4O8S. The van der Waals surface area contributed by atoms with Crippen molar-refractivity contribution in [1.82, 2.24) is 16.0 Å². The Balaban J connectivity index is 5.21. The van der Waals surface area contributed by atoms with Crippen molar-refractivity contribution in [3.63, 3.8) is 0 Å². The van der Waals surface area contributed by atoms with E-state index in [1.54, 1.807) is 13.8 Å². The van der Waals surface area contributed by atoms with Gasteiger partial charge in [0.15, 0.2) is 0 Å². The van der Waals surface area contributed by atoms with Crippen molar-refractivity contribution >= 4 is 42.3 Å². The topological polar surface area (TPSA) is 208 Å². The van der Waals surface area contributed by atoms with E-state index >= 15 is 0 Å². The highest BCUT2D eigenvalue weighted by Gasteiger charge is 2.31. The SMILES string of the molecule is CC(C)C(NC(=O)C(CO)NC(=O)C(CC(=O)O)NC(=O)C(N)CS)C(=O)O. The van der Waals surface area contributed by atoms with E-state index in [-0.39, 0.29) is 5.75 Å². The Kier molecular flexibility index (Phi) is 11.1. The lowest BCUT2D eigenvalue weighted by molar-refractivity contribution is -0.144. The lowest BCUT2D eigenvalue weighted by Crippen LogP contribution is -2.59. The van der Waals surface area contributed by atoms with Gasteiger partial charge >= 0.3 is 11.9 Å². The average Bonchev–Trinajstić information content (AvgIpc) is 2.61. The summed E-state index contributed by atoms with van der Waals surface area (Å²) >= 11 is 3.82. The molecule has 4 atom stereocenters. The Labute approximate surface area is 166 Å². The summed E-state index contributed by atoms with van der Waals surface area (Å²) in [5, 5.41) is 33.7. The van der Waals surface area contributed by atoms with Crippen LogP contribution in [0.25, 0.3) is 0 Å². The molecule has 28 heavy (non-hydrogen) atoms. The Hall–Kier alpha value is -2.38. The molecule has 0 aliphatic heterocycles. The van der Waals surface area contributed by atoms with Gasteiger partial charge in [-0.05, 0) is 5.92 Å². The first kappa shape index (κ1) is 25.6. The predicted octanol–water partition coefficient (Wildman–Crippen LogP) is -3.09. The number of rotatable bonds is 12. The number of aliphatic hydroxyl groups excluding tert-OH is 1. The van der Waals surface area contributed by atoms with E-state index in [0.717, 1.165) is 0 Å². The maximum atomic E-state index is 12.3. The van der Waals surface area contributed by atoms with E-state index in [4.69, 9.17) is 15.9 Å². The Morgan fingerprint density at radius 1 is 0.929 bits per heavy atom. The van der Waals surface area contributed by atoms with Crippen LogP contribution in [0.5, 0.6) is 0 Å². The second kappa shape index (κ2) is 12.2. The summed E-state index contributed by atoms with van der Waals surface area (Å²) in [6.07, 6.45) is -0.805. The van der Waals surface area contributed by atoms with Gasteiger partial charge in [-0.3, -0.25) is 19.2 Å². The van der Waals surface area contributed by atoms with Crippen molar-refractivity contribution in [2.75, 3.05) is 12.4 Å². The quantitative estimate of drug-likeness (QED) is 0.150. The summed E-state index contributed by atoms with van der Waals surface area (Å²) < 4.78 is 0. The summed E-state index contributed by atoms with van der Waals surface area (Å²) in [6, 6.07) is -5.48. The summed E-state index contributed by atoms with van der Waals surface area (Å²) in [6.45, 7) is 2.22. The molecule has 0 aliphatic rings. The monoisotopic (exact) mass is 422 g/mol. The molecule has 0 aliphatic carbocycles. The highest BCUT2D eigenvalue weighted by Crippen LogP contribution is 2.03. The second-order valence-electron chi connectivity index (χ2n) is 6.26. The summed E-state index contributed by atoms with van der Waals surface area (Å²) in [7, 11) is 0. The van der Waals surface area contributed by atoms with Crippen molar-refractivity contribution in [3.8, 4) is 0 Å². The van der Waals surface area contributed by atoms with E-state index in [1.165, 1.54) is 0 Å². The van der Waals surface area contributed by atoms with Crippen LogP contribution >= 0.6 is 12.6 Å². The first-order chi connectivity index (χ1) is 12.9. The van der Waals surface area contributed by atoms with Crippen molar-refractivity contribution in [2.24, 2.45) is 11.7 Å². The number of carbonyl (C=O) groups is 5. The van der Waals surface area contributed by atoms with Crippen LogP contribution in [0.3, 0.4) is 0 Å². The van der Waals surface area contributed by atoms with Gasteiger partial charge in [0, 0.05) is 5.75 Å². The number of hydrogen-bond acceptors (Lipinski definition) is 8. The summed E-state index contributed by atoms with van der Waals surface area (Å²) in [5.74, 6) is -6.11. The van der Waals surface area contributed by atoms with Crippen LogP contribution in [0.1, 0.15) is 20.3 Å². The molecule has 0 saturated carbocycles. The molecule has 0 fully saturated rings. The fourth-order valence-corrected chi connectivity index (χ4v) is 2.15. The number of aliphatic carboxylic acids is 2. The van der Waals surface area contributed by atoms with Gasteiger partial charge in [0.25, 0.3) is 0 Å². The third-order valence-corrected chi connectivity index (χ3v) is 3.98. The number of carboxylic acid groups (broad SMARTS) is 2. The smallest absolute Gasteiger partial charge is 0.326 e. The third-order valence-electron chi connectivity index (χ3n) is 3.59. The average molecular weight is 422 g/mol. The van der Waals surface area contributed by atoms with Gasteiger partial charge in [-0.15, -0.1) is 0 Å². The minimum Gasteiger partial charge on any atom is -0.481 e. The van der Waals surface area contributed by atoms with Crippen LogP contribution in [-0.2, 0) is 24.0 Å². The molecule has 0 aromatic rings. The van der Waals surface area contributed by atoms with Gasteiger partial charge in [-0.1, -0.05) is 13.8 Å². The number of nitrogens with one attached hydrogen (secondary N) is 3. The molecule has 0 aromatic heterocycles. The molecule has 0 radical (unpaired) electrons. The zero-order chi connectivity index (χ0) is 22.0. The molecule has 8 N–H and O–H groups in total. The van der Waals surface area contributed by atoms with Gasteiger partial charge in [0.2, 0.25) is 17.7 Å². The molecular weight excluding hydrogens is 396 g/mol. The number of thiol groups is 1. The molecule has 12 nitrogen and oxygen atoms in total. The first-order valence-corrected chi connectivity index (χ1v) is 8.90. The number of amides is 3. The van der Waals surface area contributed by atoms with Crippen LogP contribution in [0.4, 0.5) is 0 Å². The van der Waals surface area contributed by atoms with Crippen LogP contribution in [0.15, 0.2) is 0 Å². The van der Waals surface area contributed by atoms with Gasteiger partial charge < -0.3 is 37.0 Å². The number of carbonyl (C=O) groups excluding carboxylic acids is 3. The maximum absolute atomic E-state index is 12.3. The molecule has 3 amide bonds. The lowest BCUT2D eigenvalue weighted by atomic mass is 10.0. The van der Waals surface area contributed by atoms with Crippen molar-refractivity contribution < 1.29 is 39.3 Å². The number of nitrogens with two attached hydrogens (primary N) is 1. The molecule has 0 spiro atoms. The van der Waals surface area contributed by atoms with Gasteiger partial charge in [-0.2, -0.15) is 12.6 Å². The minimum absolute atomic E-state index is 0.0549. The predicted molar refractivity (Wildman–Crippen MR) is 99.4 cm³/mol. The molecule has 4 unspecified atom stereocenters. The van der Waals surface area contributed by atoms with Crippen LogP contribution in [0.2, 0.25) is 0 Å². The van der Waals surface area contributed by atoms with Crippen LogP contribution in [0, 0.1) is 5.92 Å². The Morgan fingerprint density at radius 2 is 1.43 bits per heavy atom. The Bertz CT molecular complexity index is 601. The third kappa shape index (κ3) is 8.54. The summed E-state index contributed by atoms with van der Waals surface area (Å²) in [4.78, 5) is 58.4. The highest BCUT2D eigenvalue weighted by atomic mass is 32.1. The van der Waals surface area contributed by atoms with E-state index < -0.39 is 72.8 Å². The minimum atomic E-state index is -1.57. The van der Waals surface area contributed by atoms with Crippen molar-refractivity contribution in [3.05, 3.63) is 0 Å². The van der Waals surface area contributed by atoms with Crippen LogP contribution < -0.4 is 21.7 Å². The second-order valence-corrected chi connectivity index (χ2v) is 6.63. The molecule has 160 valence electrons. The zero-order valence-electron chi connectivity index (χ0n) is 15.4. The highest BCUT2D eigenvalue weighted by molar-refractivity contribution is 7.80. The normalized spacial score (nSPS) is 15.1. The number of hydrogen-bond donors (Lipinski definition) is 8. The van der Waals surface area contributed by atoms with E-state index in [0.29, 0.717) is 0 Å². The standard InChI is InChI=1S/C15H26N4O8S/c1-6(2)11(15(26)27)19-14(25)9(4-20)18-13(24)8(3-10(21)22)17-12(23)7(16)5-28/h6-9,11,20,28H,3-5,16H2,1-2H3,(H,17,23)(H,18,24)(H,19,25)(H,21,22)(H,26,27). The van der Waals surface area contributed by atoms with Crippen LogP contribution in [-0.4, -0.2) is 81.5 Å². The van der Waals surface area contributed by atoms with E-state index in [9.17, 15) is 29.1 Å². The van der Waals surface area contributed by atoms with E-state index in [2.05, 4.69) is 28.6 Å². The van der Waals surface area contributed by atoms with Gasteiger partial charge in [0.05, 0.1) is 19.1 Å². The van der Waals surface area contributed by atoms with E-state index in [1.807, 2.05) is 0 Å². The molecule has 0 heterocycles. The molecule has 0 rings (SSSR count). The lowest BCUT2D eigenvalue weighted by Gasteiger charge is -2.24. The Morgan fingerprint density at radius 3 is 1.82 bits per heavy atom. The largest absolute Gasteiger partial charge is 0.481 e. The number of aliphatic hydroxyl groups is 1. The van der Waals surface area contributed by atoms with Gasteiger partial charge in [-0.25, -0.2) is 4.79 Å².